The van der Waals surface area contributed by atoms with E-state index >= 15 is 0 Å². The van der Waals surface area contributed by atoms with E-state index in [1.807, 2.05) is 0 Å². The summed E-state index contributed by atoms with van der Waals surface area (Å²) in [6.07, 6.45) is 1.23. The van der Waals surface area contributed by atoms with Crippen molar-refractivity contribution in [1.82, 2.24) is 0 Å². The van der Waals surface area contributed by atoms with Crippen LogP contribution in [0.25, 0.3) is 0 Å². The molecule has 0 fully saturated rings. The lowest BCUT2D eigenvalue weighted by molar-refractivity contribution is 0.561. The quantitative estimate of drug-likeness (QED) is 0.634. The van der Waals surface area contributed by atoms with Gasteiger partial charge in [-0.2, -0.15) is 0 Å². The minimum atomic E-state index is 0.686. The summed E-state index contributed by atoms with van der Waals surface area (Å²) in [5, 5.41) is 0. The number of likely N-dealkylation sites (N-methyl/N-ethyl adjacent to an activating group) is 1. The average Bonchev–Trinajstić information content (AvgIpc) is 2.41. The summed E-state index contributed by atoms with van der Waals surface area (Å²) in [5.74, 6) is 0.686. The van der Waals surface area contributed by atoms with E-state index in [1.165, 1.54) is 17.7 Å². The molecule has 2 atom stereocenters. The Kier molecular flexibility index (Phi) is 2.03. The molecule has 1 aromatic carbocycles. The Hall–Kier alpha value is -0.980. The molecule has 1 aliphatic rings. The minimum absolute atomic E-state index is 0.686. The summed E-state index contributed by atoms with van der Waals surface area (Å²) in [6, 6.07) is 9.44. The van der Waals surface area contributed by atoms with E-state index in [0.29, 0.717) is 12.0 Å². The first kappa shape index (κ1) is 8.61. The SMILES string of the molecule is CC[C@H]1[C@H](C)c2ccccc2N1C. The molecule has 1 heterocycles. The van der Waals surface area contributed by atoms with Crippen LogP contribution in [0.1, 0.15) is 31.7 Å². The highest BCUT2D eigenvalue weighted by Gasteiger charge is 2.31. The maximum absolute atomic E-state index is 2.42. The third-order valence-electron chi connectivity index (χ3n) is 3.30. The Balaban J connectivity index is 2.44. The second kappa shape index (κ2) is 3.06. The number of nitrogens with zero attached hydrogens (tertiary/aromatic N) is 1. The number of fused-ring (bicyclic) bond motifs is 1. The molecule has 1 heteroatoms. The van der Waals surface area contributed by atoms with Crippen LogP contribution in [-0.4, -0.2) is 13.1 Å². The zero-order valence-corrected chi connectivity index (χ0v) is 8.62. The first-order valence-corrected chi connectivity index (χ1v) is 5.07. The van der Waals surface area contributed by atoms with Gasteiger partial charge >= 0.3 is 0 Å². The molecule has 0 N–H and O–H groups in total. The van der Waals surface area contributed by atoms with Crippen molar-refractivity contribution in [2.24, 2.45) is 0 Å². The van der Waals surface area contributed by atoms with Crippen molar-refractivity contribution in [1.29, 1.82) is 0 Å². The predicted molar refractivity (Wildman–Crippen MR) is 57.3 cm³/mol. The van der Waals surface area contributed by atoms with E-state index in [9.17, 15) is 0 Å². The van der Waals surface area contributed by atoms with Crippen LogP contribution in [0.3, 0.4) is 0 Å². The third-order valence-corrected chi connectivity index (χ3v) is 3.30. The number of benzene rings is 1. The molecule has 0 bridgehead atoms. The van der Waals surface area contributed by atoms with Gasteiger partial charge in [-0.3, -0.25) is 0 Å². The molecule has 0 aromatic heterocycles. The average molecular weight is 175 g/mol. The molecule has 0 aliphatic carbocycles. The molecule has 0 saturated heterocycles. The van der Waals surface area contributed by atoms with Gasteiger partial charge in [-0.05, 0) is 18.1 Å². The molecule has 0 saturated carbocycles. The number of anilines is 1. The fourth-order valence-corrected chi connectivity index (χ4v) is 2.54. The van der Waals surface area contributed by atoms with Gasteiger partial charge in [0.25, 0.3) is 0 Å². The summed E-state index contributed by atoms with van der Waals surface area (Å²) >= 11 is 0. The minimum Gasteiger partial charge on any atom is -0.371 e. The molecule has 0 spiro atoms. The fraction of sp³-hybridized carbons (Fsp3) is 0.500. The molecule has 0 radical (unpaired) electrons. The number of hydrogen-bond acceptors (Lipinski definition) is 1. The van der Waals surface area contributed by atoms with Crippen LogP contribution in [0, 0.1) is 0 Å². The van der Waals surface area contributed by atoms with Gasteiger partial charge in [0, 0.05) is 24.7 Å². The van der Waals surface area contributed by atoms with Crippen molar-refractivity contribution in [3.8, 4) is 0 Å². The lowest BCUT2D eigenvalue weighted by Gasteiger charge is -2.23. The molecule has 0 amide bonds. The van der Waals surface area contributed by atoms with Crippen molar-refractivity contribution >= 4 is 5.69 Å². The third kappa shape index (κ3) is 1.14. The standard InChI is InChI=1S/C12H17N/c1-4-11-9(2)10-7-5-6-8-12(10)13(11)3/h5-9,11H,4H2,1-3H3/t9-,11+/m1/s1. The van der Waals surface area contributed by atoms with Crippen LogP contribution in [0.4, 0.5) is 5.69 Å². The van der Waals surface area contributed by atoms with E-state index in [1.54, 1.807) is 0 Å². The highest BCUT2D eigenvalue weighted by atomic mass is 15.2. The normalized spacial score (nSPS) is 26.2. The fourth-order valence-electron chi connectivity index (χ4n) is 2.54. The van der Waals surface area contributed by atoms with E-state index in [4.69, 9.17) is 0 Å². The lowest BCUT2D eigenvalue weighted by Crippen LogP contribution is -2.28. The van der Waals surface area contributed by atoms with Crippen molar-refractivity contribution < 1.29 is 0 Å². The Morgan fingerprint density at radius 2 is 2.00 bits per heavy atom. The van der Waals surface area contributed by atoms with Gasteiger partial charge < -0.3 is 4.90 Å². The molecule has 70 valence electrons. The first-order chi connectivity index (χ1) is 6.25. The van der Waals surface area contributed by atoms with E-state index < -0.39 is 0 Å². The first-order valence-electron chi connectivity index (χ1n) is 5.07. The second-order valence-electron chi connectivity index (χ2n) is 3.93. The summed E-state index contributed by atoms with van der Waals surface area (Å²) in [4.78, 5) is 2.42. The number of hydrogen-bond donors (Lipinski definition) is 0. The molecule has 0 unspecified atom stereocenters. The Labute approximate surface area is 80.4 Å². The maximum atomic E-state index is 2.42. The zero-order chi connectivity index (χ0) is 9.42. The number of para-hydroxylation sites is 1. The topological polar surface area (TPSA) is 3.24 Å². The van der Waals surface area contributed by atoms with Crippen molar-refractivity contribution in [2.45, 2.75) is 32.2 Å². The summed E-state index contributed by atoms with van der Waals surface area (Å²) in [6.45, 7) is 4.60. The smallest absolute Gasteiger partial charge is 0.0402 e. The van der Waals surface area contributed by atoms with Gasteiger partial charge in [0.15, 0.2) is 0 Å². The lowest BCUT2D eigenvalue weighted by atomic mass is 9.96. The van der Waals surface area contributed by atoms with Crippen molar-refractivity contribution in [2.75, 3.05) is 11.9 Å². The van der Waals surface area contributed by atoms with Crippen LogP contribution < -0.4 is 4.90 Å². The van der Waals surface area contributed by atoms with E-state index in [0.717, 1.165) is 0 Å². The summed E-state index contributed by atoms with van der Waals surface area (Å²) < 4.78 is 0. The van der Waals surface area contributed by atoms with Gasteiger partial charge in [0.05, 0.1) is 0 Å². The maximum Gasteiger partial charge on any atom is 0.0402 e. The van der Waals surface area contributed by atoms with Gasteiger partial charge in [-0.15, -0.1) is 0 Å². The second-order valence-corrected chi connectivity index (χ2v) is 3.93. The molecule has 1 aromatic rings. The highest BCUT2D eigenvalue weighted by Crippen LogP contribution is 2.40. The molecule has 1 aliphatic heterocycles. The molecular formula is C12H17N. The molecule has 1 nitrogen and oxygen atoms in total. The molecule has 2 rings (SSSR count). The van der Waals surface area contributed by atoms with Gasteiger partial charge in [-0.25, -0.2) is 0 Å². The Morgan fingerprint density at radius 3 is 2.62 bits per heavy atom. The zero-order valence-electron chi connectivity index (χ0n) is 8.62. The summed E-state index contributed by atoms with van der Waals surface area (Å²) in [5.41, 5.74) is 2.93. The van der Waals surface area contributed by atoms with Crippen molar-refractivity contribution in [3.63, 3.8) is 0 Å². The summed E-state index contributed by atoms with van der Waals surface area (Å²) in [7, 11) is 2.20. The van der Waals surface area contributed by atoms with E-state index in [2.05, 4.69) is 50.1 Å². The van der Waals surface area contributed by atoms with Gasteiger partial charge in [-0.1, -0.05) is 32.0 Å². The van der Waals surface area contributed by atoms with Crippen LogP contribution in [-0.2, 0) is 0 Å². The van der Waals surface area contributed by atoms with Gasteiger partial charge in [0.2, 0.25) is 0 Å². The highest BCUT2D eigenvalue weighted by molar-refractivity contribution is 5.60. The van der Waals surface area contributed by atoms with Crippen LogP contribution in [0.2, 0.25) is 0 Å². The van der Waals surface area contributed by atoms with Crippen molar-refractivity contribution in [3.05, 3.63) is 29.8 Å². The van der Waals surface area contributed by atoms with Gasteiger partial charge in [0.1, 0.15) is 0 Å². The predicted octanol–water partition coefficient (Wildman–Crippen LogP) is 3.02. The largest absolute Gasteiger partial charge is 0.371 e. The number of rotatable bonds is 1. The Bertz CT molecular complexity index is 277. The van der Waals surface area contributed by atoms with Crippen LogP contribution in [0.15, 0.2) is 24.3 Å². The van der Waals surface area contributed by atoms with Crippen LogP contribution >= 0.6 is 0 Å². The monoisotopic (exact) mass is 175 g/mol. The van der Waals surface area contributed by atoms with E-state index in [-0.39, 0.29) is 0 Å². The molecule has 13 heavy (non-hydrogen) atoms. The Morgan fingerprint density at radius 1 is 1.31 bits per heavy atom. The molecular weight excluding hydrogens is 158 g/mol. The van der Waals surface area contributed by atoms with Crippen LogP contribution in [0.5, 0.6) is 0 Å².